The summed E-state index contributed by atoms with van der Waals surface area (Å²) in [5.41, 5.74) is 1.17. The van der Waals surface area contributed by atoms with Crippen LogP contribution >= 0.6 is 0 Å². The number of carbonyl (C=O) groups is 2. The first-order valence-corrected chi connectivity index (χ1v) is 7.90. The maximum atomic E-state index is 12.2. The van der Waals surface area contributed by atoms with Crippen molar-refractivity contribution in [2.75, 3.05) is 19.8 Å². The average Bonchev–Trinajstić information content (AvgIpc) is 3.01. The molecule has 1 aromatic carbocycles. The Bertz CT molecular complexity index is 538. The molecule has 118 valence electrons. The molecule has 5 heteroatoms. The summed E-state index contributed by atoms with van der Waals surface area (Å²) < 4.78 is 5.50. The largest absolute Gasteiger partial charge is 0.381 e. The number of ether oxygens (including phenoxy) is 1. The molecule has 1 unspecified atom stereocenters. The standard InChI is InChI=1S/C17H22N2O3/c20-15-7-6-14(19-15)16(21)18-12-17(8-10-22-11-9-17)13-4-2-1-3-5-13/h1-5,14H,6-12H2,(H,18,21)(H,19,20). The second-order valence-electron chi connectivity index (χ2n) is 6.14. The van der Waals surface area contributed by atoms with E-state index in [0.717, 1.165) is 12.8 Å². The second-order valence-corrected chi connectivity index (χ2v) is 6.14. The molecule has 1 aromatic rings. The topological polar surface area (TPSA) is 67.4 Å². The van der Waals surface area contributed by atoms with Crippen LogP contribution in [0.3, 0.4) is 0 Å². The van der Waals surface area contributed by atoms with E-state index in [1.807, 2.05) is 18.2 Å². The Morgan fingerprint density at radius 2 is 2.00 bits per heavy atom. The Hall–Kier alpha value is -1.88. The molecule has 0 spiro atoms. The van der Waals surface area contributed by atoms with E-state index in [9.17, 15) is 9.59 Å². The summed E-state index contributed by atoms with van der Waals surface area (Å²) >= 11 is 0. The number of nitrogens with one attached hydrogen (secondary N) is 2. The van der Waals surface area contributed by atoms with E-state index in [2.05, 4.69) is 22.8 Å². The molecule has 2 aliphatic heterocycles. The van der Waals surface area contributed by atoms with Crippen molar-refractivity contribution in [2.45, 2.75) is 37.1 Å². The predicted octanol–water partition coefficient (Wildman–Crippen LogP) is 1.13. The van der Waals surface area contributed by atoms with Crippen molar-refractivity contribution in [1.82, 2.24) is 10.6 Å². The summed E-state index contributed by atoms with van der Waals surface area (Å²) in [7, 11) is 0. The molecule has 2 amide bonds. The molecule has 2 aliphatic rings. The number of benzene rings is 1. The number of amides is 2. The third-order valence-electron chi connectivity index (χ3n) is 4.75. The Morgan fingerprint density at radius 3 is 2.64 bits per heavy atom. The van der Waals surface area contributed by atoms with Gasteiger partial charge in [-0.2, -0.15) is 0 Å². The minimum Gasteiger partial charge on any atom is -0.381 e. The van der Waals surface area contributed by atoms with Crippen LogP contribution in [0, 0.1) is 0 Å². The maximum Gasteiger partial charge on any atom is 0.242 e. The van der Waals surface area contributed by atoms with Gasteiger partial charge in [-0.05, 0) is 24.8 Å². The summed E-state index contributed by atoms with van der Waals surface area (Å²) in [5, 5.41) is 5.76. The van der Waals surface area contributed by atoms with Gasteiger partial charge >= 0.3 is 0 Å². The first kappa shape index (κ1) is 15.0. The van der Waals surface area contributed by atoms with Crippen LogP contribution in [0.2, 0.25) is 0 Å². The molecule has 1 atom stereocenters. The molecule has 0 radical (unpaired) electrons. The molecule has 2 N–H and O–H groups in total. The lowest BCUT2D eigenvalue weighted by Crippen LogP contribution is -2.49. The van der Waals surface area contributed by atoms with Crippen molar-refractivity contribution in [3.63, 3.8) is 0 Å². The van der Waals surface area contributed by atoms with Gasteiger partial charge in [0.2, 0.25) is 11.8 Å². The Morgan fingerprint density at radius 1 is 1.27 bits per heavy atom. The van der Waals surface area contributed by atoms with Crippen molar-refractivity contribution >= 4 is 11.8 Å². The lowest BCUT2D eigenvalue weighted by Gasteiger charge is -2.38. The first-order valence-electron chi connectivity index (χ1n) is 7.90. The van der Waals surface area contributed by atoms with Gasteiger partial charge in [0, 0.05) is 31.6 Å². The highest BCUT2D eigenvalue weighted by Crippen LogP contribution is 2.34. The van der Waals surface area contributed by atoms with Crippen LogP contribution in [0.4, 0.5) is 0 Å². The van der Waals surface area contributed by atoms with E-state index in [4.69, 9.17) is 4.74 Å². The molecule has 0 saturated carbocycles. The highest BCUT2D eigenvalue weighted by Gasteiger charge is 2.36. The van der Waals surface area contributed by atoms with Crippen molar-refractivity contribution in [2.24, 2.45) is 0 Å². The third-order valence-corrected chi connectivity index (χ3v) is 4.75. The summed E-state index contributed by atoms with van der Waals surface area (Å²) in [4.78, 5) is 23.5. The summed E-state index contributed by atoms with van der Waals surface area (Å²) in [6.07, 6.45) is 2.82. The van der Waals surface area contributed by atoms with Gasteiger partial charge in [0.15, 0.2) is 0 Å². The minimum atomic E-state index is -0.375. The van der Waals surface area contributed by atoms with Gasteiger partial charge < -0.3 is 15.4 Å². The number of hydrogen-bond donors (Lipinski definition) is 2. The molecular formula is C17H22N2O3. The van der Waals surface area contributed by atoms with Crippen molar-refractivity contribution in [1.29, 1.82) is 0 Å². The van der Waals surface area contributed by atoms with E-state index in [0.29, 0.717) is 32.6 Å². The molecule has 2 heterocycles. The minimum absolute atomic E-state index is 0.0380. The summed E-state index contributed by atoms with van der Waals surface area (Å²) in [6.45, 7) is 2.02. The zero-order chi connectivity index (χ0) is 15.4. The monoisotopic (exact) mass is 302 g/mol. The Balaban J connectivity index is 1.68. The van der Waals surface area contributed by atoms with Crippen LogP contribution < -0.4 is 10.6 Å². The van der Waals surface area contributed by atoms with Gasteiger partial charge in [0.1, 0.15) is 6.04 Å². The van der Waals surface area contributed by atoms with Crippen LogP contribution in [0.15, 0.2) is 30.3 Å². The molecule has 0 aromatic heterocycles. The third kappa shape index (κ3) is 3.14. The number of hydrogen-bond acceptors (Lipinski definition) is 3. The highest BCUT2D eigenvalue weighted by molar-refractivity contribution is 5.90. The van der Waals surface area contributed by atoms with Gasteiger partial charge in [-0.3, -0.25) is 9.59 Å². The molecule has 5 nitrogen and oxygen atoms in total. The molecule has 0 aliphatic carbocycles. The summed E-state index contributed by atoms with van der Waals surface area (Å²) in [6, 6.07) is 9.93. The maximum absolute atomic E-state index is 12.2. The zero-order valence-electron chi connectivity index (χ0n) is 12.6. The fraction of sp³-hybridized carbons (Fsp3) is 0.529. The van der Waals surface area contributed by atoms with E-state index >= 15 is 0 Å². The predicted molar refractivity (Wildman–Crippen MR) is 82.3 cm³/mol. The van der Waals surface area contributed by atoms with Gasteiger partial charge in [0.25, 0.3) is 0 Å². The van der Waals surface area contributed by atoms with Crippen LogP contribution in [0.5, 0.6) is 0 Å². The fourth-order valence-electron chi connectivity index (χ4n) is 3.31. The second kappa shape index (κ2) is 6.48. The summed E-state index contributed by atoms with van der Waals surface area (Å²) in [5.74, 6) is -0.114. The molecule has 22 heavy (non-hydrogen) atoms. The van der Waals surface area contributed by atoms with E-state index in [-0.39, 0.29) is 23.3 Å². The van der Waals surface area contributed by atoms with Crippen LogP contribution in [-0.2, 0) is 19.7 Å². The first-order chi connectivity index (χ1) is 10.7. The smallest absolute Gasteiger partial charge is 0.242 e. The van der Waals surface area contributed by atoms with E-state index in [1.54, 1.807) is 0 Å². The van der Waals surface area contributed by atoms with Gasteiger partial charge in [-0.25, -0.2) is 0 Å². The zero-order valence-corrected chi connectivity index (χ0v) is 12.6. The molecular weight excluding hydrogens is 280 g/mol. The van der Waals surface area contributed by atoms with Crippen molar-refractivity contribution in [3.05, 3.63) is 35.9 Å². The van der Waals surface area contributed by atoms with E-state index < -0.39 is 0 Å². The molecule has 2 fully saturated rings. The van der Waals surface area contributed by atoms with Gasteiger partial charge in [-0.1, -0.05) is 30.3 Å². The average molecular weight is 302 g/mol. The number of rotatable bonds is 4. The van der Waals surface area contributed by atoms with Crippen LogP contribution in [-0.4, -0.2) is 37.6 Å². The Labute approximate surface area is 130 Å². The molecule has 2 saturated heterocycles. The lowest BCUT2D eigenvalue weighted by atomic mass is 9.74. The SMILES string of the molecule is O=C1CCC(C(=O)NCC2(c3ccccc3)CCOCC2)N1. The van der Waals surface area contributed by atoms with Crippen LogP contribution in [0.1, 0.15) is 31.2 Å². The molecule has 0 bridgehead atoms. The highest BCUT2D eigenvalue weighted by atomic mass is 16.5. The lowest BCUT2D eigenvalue weighted by molar-refractivity contribution is -0.126. The fourth-order valence-corrected chi connectivity index (χ4v) is 3.31. The van der Waals surface area contributed by atoms with Crippen molar-refractivity contribution in [3.8, 4) is 0 Å². The quantitative estimate of drug-likeness (QED) is 0.876. The normalized spacial score (nSPS) is 23.8. The molecule has 3 rings (SSSR count). The van der Waals surface area contributed by atoms with Gasteiger partial charge in [0.05, 0.1) is 0 Å². The van der Waals surface area contributed by atoms with Gasteiger partial charge in [-0.15, -0.1) is 0 Å². The van der Waals surface area contributed by atoms with Crippen LogP contribution in [0.25, 0.3) is 0 Å². The Kier molecular flexibility index (Phi) is 4.43. The van der Waals surface area contributed by atoms with E-state index in [1.165, 1.54) is 5.56 Å². The number of carbonyl (C=O) groups excluding carboxylic acids is 2. The van der Waals surface area contributed by atoms with Crippen molar-refractivity contribution < 1.29 is 14.3 Å².